The zero-order valence-corrected chi connectivity index (χ0v) is 14.9. The summed E-state index contributed by atoms with van der Waals surface area (Å²) in [4.78, 5) is 4.84. The van der Waals surface area contributed by atoms with Crippen LogP contribution in [0.25, 0.3) is 0 Å². The quantitative estimate of drug-likeness (QED) is 0.593. The van der Waals surface area contributed by atoms with E-state index in [1.165, 1.54) is 11.1 Å². The van der Waals surface area contributed by atoms with Crippen LogP contribution < -0.4 is 0 Å². The third-order valence-corrected chi connectivity index (χ3v) is 4.12. The molecule has 0 amide bonds. The maximum atomic E-state index is 10.6. The van der Waals surface area contributed by atoms with Gasteiger partial charge in [-0.15, -0.1) is 0 Å². The van der Waals surface area contributed by atoms with E-state index in [0.29, 0.717) is 5.75 Å². The van der Waals surface area contributed by atoms with Crippen LogP contribution in [-0.4, -0.2) is 17.4 Å². The van der Waals surface area contributed by atoms with Crippen LogP contribution in [0.2, 0.25) is 0 Å². The first-order chi connectivity index (χ1) is 10.9. The minimum absolute atomic E-state index is 0.339. The monoisotopic (exact) mass is 309 g/mol. The molecule has 2 nitrogen and oxygen atoms in total. The maximum Gasteiger partial charge on any atom is 0.127 e. The topological polar surface area (TPSA) is 32.6 Å². The highest BCUT2D eigenvalue weighted by Gasteiger charge is 2.15. The Hall–Kier alpha value is -2.09. The van der Waals surface area contributed by atoms with Gasteiger partial charge in [-0.2, -0.15) is 0 Å². The second-order valence-electron chi connectivity index (χ2n) is 6.38. The summed E-state index contributed by atoms with van der Waals surface area (Å²) in [6.45, 7) is 11.2. The van der Waals surface area contributed by atoms with Gasteiger partial charge in [-0.25, -0.2) is 0 Å². The van der Waals surface area contributed by atoms with Crippen molar-refractivity contribution in [1.29, 1.82) is 0 Å². The van der Waals surface area contributed by atoms with E-state index in [9.17, 15) is 5.11 Å². The van der Waals surface area contributed by atoms with Crippen molar-refractivity contribution in [2.24, 2.45) is 4.99 Å². The molecule has 122 valence electrons. The highest BCUT2D eigenvalue weighted by atomic mass is 16.3. The van der Waals surface area contributed by atoms with Gasteiger partial charge in [-0.1, -0.05) is 43.2 Å². The average Bonchev–Trinajstić information content (AvgIpc) is 2.49. The van der Waals surface area contributed by atoms with Crippen molar-refractivity contribution in [2.45, 2.75) is 47.5 Å². The van der Waals surface area contributed by atoms with Crippen molar-refractivity contribution in [1.82, 2.24) is 0 Å². The van der Waals surface area contributed by atoms with Crippen molar-refractivity contribution in [2.75, 3.05) is 6.54 Å². The van der Waals surface area contributed by atoms with E-state index >= 15 is 0 Å². The second kappa shape index (κ2) is 7.45. The maximum absolute atomic E-state index is 10.6. The van der Waals surface area contributed by atoms with Crippen LogP contribution in [0, 0.1) is 27.7 Å². The SMILES string of the molecule is CCCC/N=C(\c1ccc(C)cc1C)c1cc(C)cc(C)c1O. The van der Waals surface area contributed by atoms with E-state index in [1.54, 1.807) is 0 Å². The van der Waals surface area contributed by atoms with E-state index in [2.05, 4.69) is 45.9 Å². The van der Waals surface area contributed by atoms with E-state index in [1.807, 2.05) is 19.1 Å². The Labute approximate surface area is 139 Å². The van der Waals surface area contributed by atoms with Gasteiger partial charge < -0.3 is 5.11 Å². The van der Waals surface area contributed by atoms with Gasteiger partial charge in [-0.3, -0.25) is 4.99 Å². The van der Waals surface area contributed by atoms with Gasteiger partial charge in [0.2, 0.25) is 0 Å². The van der Waals surface area contributed by atoms with Gasteiger partial charge in [0.15, 0.2) is 0 Å². The van der Waals surface area contributed by atoms with Crippen molar-refractivity contribution >= 4 is 5.71 Å². The molecule has 2 heteroatoms. The molecule has 0 aliphatic heterocycles. The van der Waals surface area contributed by atoms with Crippen LogP contribution in [0.1, 0.15) is 53.1 Å². The fourth-order valence-electron chi connectivity index (χ4n) is 2.88. The van der Waals surface area contributed by atoms with Crippen molar-refractivity contribution < 1.29 is 5.11 Å². The predicted octanol–water partition coefficient (Wildman–Crippen LogP) is 5.26. The van der Waals surface area contributed by atoms with Crippen LogP contribution >= 0.6 is 0 Å². The number of unbranched alkanes of at least 4 members (excludes halogenated alkanes) is 1. The molecule has 0 aromatic heterocycles. The van der Waals surface area contributed by atoms with Gasteiger partial charge in [0, 0.05) is 17.7 Å². The number of aromatic hydroxyl groups is 1. The number of phenolic OH excluding ortho intramolecular Hbond substituents is 1. The highest BCUT2D eigenvalue weighted by Crippen LogP contribution is 2.28. The van der Waals surface area contributed by atoms with Crippen LogP contribution in [0.5, 0.6) is 5.75 Å². The Bertz CT molecular complexity index is 729. The Morgan fingerprint density at radius 1 is 0.913 bits per heavy atom. The summed E-state index contributed by atoms with van der Waals surface area (Å²) in [5.41, 5.74) is 7.32. The molecule has 0 bridgehead atoms. The molecule has 0 saturated heterocycles. The van der Waals surface area contributed by atoms with Crippen LogP contribution in [0.3, 0.4) is 0 Å². The molecule has 2 aromatic carbocycles. The molecule has 0 spiro atoms. The number of benzene rings is 2. The number of hydrogen-bond donors (Lipinski definition) is 1. The van der Waals surface area contributed by atoms with E-state index in [4.69, 9.17) is 4.99 Å². The second-order valence-corrected chi connectivity index (χ2v) is 6.38. The summed E-state index contributed by atoms with van der Waals surface area (Å²) >= 11 is 0. The highest BCUT2D eigenvalue weighted by molar-refractivity contribution is 6.15. The minimum atomic E-state index is 0.339. The van der Waals surface area contributed by atoms with E-state index < -0.39 is 0 Å². The number of phenols is 1. The van der Waals surface area contributed by atoms with Gasteiger partial charge in [-0.05, 0) is 56.9 Å². The van der Waals surface area contributed by atoms with Gasteiger partial charge in [0.25, 0.3) is 0 Å². The largest absolute Gasteiger partial charge is 0.507 e. The zero-order valence-electron chi connectivity index (χ0n) is 14.9. The van der Waals surface area contributed by atoms with Gasteiger partial charge >= 0.3 is 0 Å². The van der Waals surface area contributed by atoms with Crippen molar-refractivity contribution in [3.05, 3.63) is 63.7 Å². The number of aliphatic imine (C=N–C) groups is 1. The molecule has 0 fully saturated rings. The standard InChI is InChI=1S/C21H27NO/c1-6-7-10-22-20(18-9-8-14(2)11-16(18)4)19-13-15(3)12-17(5)21(19)23/h8-9,11-13,23H,6-7,10H2,1-5H3/b22-20+. The molecule has 0 atom stereocenters. The fraction of sp³-hybridized carbons (Fsp3) is 0.381. The zero-order chi connectivity index (χ0) is 17.0. The predicted molar refractivity (Wildman–Crippen MR) is 98.9 cm³/mol. The molecule has 2 aromatic rings. The molecule has 2 rings (SSSR count). The van der Waals surface area contributed by atoms with E-state index in [-0.39, 0.29) is 0 Å². The molecule has 0 radical (unpaired) electrons. The Balaban J connectivity index is 2.62. The van der Waals surface area contributed by atoms with Gasteiger partial charge in [0.1, 0.15) is 5.75 Å². The molecule has 0 saturated carbocycles. The summed E-state index contributed by atoms with van der Waals surface area (Å²) in [5.74, 6) is 0.339. The van der Waals surface area contributed by atoms with Crippen LogP contribution in [0.15, 0.2) is 35.3 Å². The minimum Gasteiger partial charge on any atom is -0.507 e. The number of rotatable bonds is 5. The average molecular weight is 309 g/mol. The summed E-state index contributed by atoms with van der Waals surface area (Å²) in [6, 6.07) is 10.4. The summed E-state index contributed by atoms with van der Waals surface area (Å²) in [6.07, 6.45) is 2.17. The Morgan fingerprint density at radius 3 is 2.26 bits per heavy atom. The van der Waals surface area contributed by atoms with Crippen molar-refractivity contribution in [3.8, 4) is 5.75 Å². The molecular formula is C21H27NO. The summed E-state index contributed by atoms with van der Waals surface area (Å²) in [7, 11) is 0. The van der Waals surface area contributed by atoms with Gasteiger partial charge in [0.05, 0.1) is 5.71 Å². The lowest BCUT2D eigenvalue weighted by Gasteiger charge is -2.15. The van der Waals surface area contributed by atoms with Crippen molar-refractivity contribution in [3.63, 3.8) is 0 Å². The first kappa shape index (κ1) is 17.3. The molecular weight excluding hydrogens is 282 g/mol. The summed E-state index contributed by atoms with van der Waals surface area (Å²) in [5, 5.41) is 10.6. The van der Waals surface area contributed by atoms with Crippen LogP contribution in [-0.2, 0) is 0 Å². The van der Waals surface area contributed by atoms with Crippen LogP contribution in [0.4, 0.5) is 0 Å². The molecule has 23 heavy (non-hydrogen) atoms. The first-order valence-corrected chi connectivity index (χ1v) is 8.36. The first-order valence-electron chi connectivity index (χ1n) is 8.36. The third kappa shape index (κ3) is 4.01. The molecule has 0 unspecified atom stereocenters. The fourth-order valence-corrected chi connectivity index (χ4v) is 2.88. The van der Waals surface area contributed by atoms with E-state index in [0.717, 1.165) is 47.4 Å². The lowest BCUT2D eigenvalue weighted by atomic mass is 9.93. The number of nitrogens with zero attached hydrogens (tertiary/aromatic N) is 1. The third-order valence-electron chi connectivity index (χ3n) is 4.12. The Morgan fingerprint density at radius 2 is 1.61 bits per heavy atom. The molecule has 0 aliphatic rings. The molecule has 1 N–H and O–H groups in total. The lowest BCUT2D eigenvalue weighted by Crippen LogP contribution is -2.08. The lowest BCUT2D eigenvalue weighted by molar-refractivity contribution is 0.470. The normalized spacial score (nSPS) is 11.8. The number of hydrogen-bond acceptors (Lipinski definition) is 2. The summed E-state index contributed by atoms with van der Waals surface area (Å²) < 4.78 is 0. The number of aryl methyl sites for hydroxylation is 4. The smallest absolute Gasteiger partial charge is 0.127 e. The molecule has 0 heterocycles. The Kier molecular flexibility index (Phi) is 5.59. The molecule has 0 aliphatic carbocycles.